The van der Waals surface area contributed by atoms with Gasteiger partial charge in [-0.15, -0.1) is 0 Å². The molecule has 0 bridgehead atoms. The maximum Gasteiger partial charge on any atom is 0.0928 e. The van der Waals surface area contributed by atoms with Crippen molar-refractivity contribution in [2.45, 2.75) is 6.10 Å². The van der Waals surface area contributed by atoms with Gasteiger partial charge in [0.2, 0.25) is 0 Å². The fourth-order valence-electron chi connectivity index (χ4n) is 1.42. The van der Waals surface area contributed by atoms with E-state index in [4.69, 9.17) is 23.2 Å². The van der Waals surface area contributed by atoms with Crippen molar-refractivity contribution in [1.29, 1.82) is 0 Å². The van der Waals surface area contributed by atoms with Crippen molar-refractivity contribution in [2.75, 3.05) is 33.7 Å². The molecule has 0 aliphatic heterocycles. The predicted molar refractivity (Wildman–Crippen MR) is 72.8 cm³/mol. The van der Waals surface area contributed by atoms with E-state index < -0.39 is 6.10 Å². The summed E-state index contributed by atoms with van der Waals surface area (Å²) in [5, 5.41) is 14.2. The fraction of sp³-hybridized carbons (Fsp3) is 0.500. The number of aliphatic hydroxyl groups is 1. The van der Waals surface area contributed by atoms with Gasteiger partial charge in [-0.3, -0.25) is 0 Å². The molecule has 0 fully saturated rings. The zero-order chi connectivity index (χ0) is 12.8. The minimum absolute atomic E-state index is 0.481. The van der Waals surface area contributed by atoms with E-state index in [2.05, 4.69) is 10.2 Å². The van der Waals surface area contributed by atoms with Crippen molar-refractivity contribution in [1.82, 2.24) is 10.2 Å². The molecule has 0 radical (unpaired) electrons. The summed E-state index contributed by atoms with van der Waals surface area (Å²) in [6.45, 7) is 2.24. The summed E-state index contributed by atoms with van der Waals surface area (Å²) < 4.78 is 0. The normalized spacial score (nSPS) is 13.1. The summed E-state index contributed by atoms with van der Waals surface area (Å²) in [6, 6.07) is 5.12. The lowest BCUT2D eigenvalue weighted by Crippen LogP contribution is -2.29. The standard InChI is InChI=1S/C12H18Cl2N2O/c1-16(2)6-5-15-8-12(17)10-4-3-9(13)7-11(10)14/h3-4,7,12,15,17H,5-6,8H2,1-2H3. The quantitative estimate of drug-likeness (QED) is 0.782. The van der Waals surface area contributed by atoms with E-state index in [-0.39, 0.29) is 0 Å². The summed E-state index contributed by atoms with van der Waals surface area (Å²) in [5.41, 5.74) is 0.702. The third-order valence-electron chi connectivity index (χ3n) is 2.39. The van der Waals surface area contributed by atoms with Gasteiger partial charge in [-0.2, -0.15) is 0 Å². The Morgan fingerprint density at radius 1 is 1.35 bits per heavy atom. The van der Waals surface area contributed by atoms with Crippen LogP contribution in [0.15, 0.2) is 18.2 Å². The first-order valence-corrected chi connectivity index (χ1v) is 6.24. The summed E-state index contributed by atoms with van der Waals surface area (Å²) in [6.07, 6.45) is -0.609. The Kier molecular flexibility index (Phi) is 6.23. The molecular formula is C12H18Cl2N2O. The van der Waals surface area contributed by atoms with Crippen LogP contribution in [0.1, 0.15) is 11.7 Å². The van der Waals surface area contributed by atoms with Crippen LogP contribution < -0.4 is 5.32 Å². The van der Waals surface area contributed by atoms with Gasteiger partial charge >= 0.3 is 0 Å². The summed E-state index contributed by atoms with van der Waals surface area (Å²) >= 11 is 11.8. The van der Waals surface area contributed by atoms with Crippen molar-refractivity contribution in [3.63, 3.8) is 0 Å². The topological polar surface area (TPSA) is 35.5 Å². The zero-order valence-electron chi connectivity index (χ0n) is 10.1. The number of likely N-dealkylation sites (N-methyl/N-ethyl adjacent to an activating group) is 1. The highest BCUT2D eigenvalue weighted by Gasteiger charge is 2.11. The van der Waals surface area contributed by atoms with E-state index in [0.717, 1.165) is 13.1 Å². The minimum Gasteiger partial charge on any atom is -0.387 e. The maximum absolute atomic E-state index is 9.95. The number of hydrogen-bond acceptors (Lipinski definition) is 3. The second kappa shape index (κ2) is 7.19. The molecule has 1 aromatic carbocycles. The molecule has 0 spiro atoms. The van der Waals surface area contributed by atoms with Crippen LogP contribution in [0.25, 0.3) is 0 Å². The van der Waals surface area contributed by atoms with Crippen LogP contribution in [0.5, 0.6) is 0 Å². The number of nitrogens with zero attached hydrogens (tertiary/aromatic N) is 1. The SMILES string of the molecule is CN(C)CCNCC(O)c1ccc(Cl)cc1Cl. The number of halogens is 2. The molecule has 1 rings (SSSR count). The molecule has 96 valence electrons. The molecule has 5 heteroatoms. The highest BCUT2D eigenvalue weighted by atomic mass is 35.5. The third kappa shape index (κ3) is 5.23. The van der Waals surface area contributed by atoms with Crippen LogP contribution in [0, 0.1) is 0 Å². The second-order valence-corrected chi connectivity index (χ2v) is 5.03. The van der Waals surface area contributed by atoms with Gasteiger partial charge in [-0.25, -0.2) is 0 Å². The molecule has 1 atom stereocenters. The molecule has 0 aliphatic rings. The average molecular weight is 277 g/mol. The van der Waals surface area contributed by atoms with E-state index in [1.165, 1.54) is 0 Å². The maximum atomic E-state index is 9.95. The lowest BCUT2D eigenvalue weighted by Gasteiger charge is -2.15. The largest absolute Gasteiger partial charge is 0.387 e. The molecule has 0 aliphatic carbocycles. The Hall–Kier alpha value is -0.320. The summed E-state index contributed by atoms with van der Waals surface area (Å²) in [4.78, 5) is 2.08. The van der Waals surface area contributed by atoms with E-state index in [0.29, 0.717) is 22.2 Å². The molecule has 17 heavy (non-hydrogen) atoms. The van der Waals surface area contributed by atoms with Gasteiger partial charge in [0.05, 0.1) is 6.10 Å². The summed E-state index contributed by atoms with van der Waals surface area (Å²) in [7, 11) is 4.02. The number of nitrogens with one attached hydrogen (secondary N) is 1. The predicted octanol–water partition coefficient (Wildman–Crippen LogP) is 2.18. The third-order valence-corrected chi connectivity index (χ3v) is 2.96. The van der Waals surface area contributed by atoms with Gasteiger partial charge in [0.15, 0.2) is 0 Å². The molecule has 3 nitrogen and oxygen atoms in total. The van der Waals surface area contributed by atoms with E-state index in [1.54, 1.807) is 18.2 Å². The second-order valence-electron chi connectivity index (χ2n) is 4.19. The molecule has 1 aromatic rings. The molecule has 0 heterocycles. The summed E-state index contributed by atoms with van der Waals surface area (Å²) in [5.74, 6) is 0. The fourth-order valence-corrected chi connectivity index (χ4v) is 1.96. The molecule has 0 aromatic heterocycles. The lowest BCUT2D eigenvalue weighted by atomic mass is 10.1. The Morgan fingerprint density at radius 2 is 2.06 bits per heavy atom. The van der Waals surface area contributed by atoms with Crippen molar-refractivity contribution < 1.29 is 5.11 Å². The molecule has 0 amide bonds. The van der Waals surface area contributed by atoms with Crippen molar-refractivity contribution >= 4 is 23.2 Å². The monoisotopic (exact) mass is 276 g/mol. The van der Waals surface area contributed by atoms with Gasteiger partial charge < -0.3 is 15.3 Å². The highest BCUT2D eigenvalue weighted by molar-refractivity contribution is 6.35. The lowest BCUT2D eigenvalue weighted by molar-refractivity contribution is 0.174. The van der Waals surface area contributed by atoms with Gasteiger partial charge in [0.25, 0.3) is 0 Å². The van der Waals surface area contributed by atoms with Crippen LogP contribution in [-0.2, 0) is 0 Å². The van der Waals surface area contributed by atoms with Gasteiger partial charge in [-0.1, -0.05) is 29.3 Å². The minimum atomic E-state index is -0.609. The Bertz CT molecular complexity index is 358. The molecule has 0 saturated heterocycles. The number of benzene rings is 1. The van der Waals surface area contributed by atoms with Crippen molar-refractivity contribution in [3.8, 4) is 0 Å². The van der Waals surface area contributed by atoms with E-state index in [9.17, 15) is 5.11 Å². The molecule has 0 saturated carbocycles. The molecule has 2 N–H and O–H groups in total. The number of hydrogen-bond donors (Lipinski definition) is 2. The van der Waals surface area contributed by atoms with Crippen LogP contribution in [0.2, 0.25) is 10.0 Å². The average Bonchev–Trinajstić information content (AvgIpc) is 2.23. The van der Waals surface area contributed by atoms with Crippen LogP contribution in [-0.4, -0.2) is 43.7 Å². The number of aliphatic hydroxyl groups excluding tert-OH is 1. The molecular weight excluding hydrogens is 259 g/mol. The van der Waals surface area contributed by atoms with Crippen LogP contribution >= 0.6 is 23.2 Å². The van der Waals surface area contributed by atoms with E-state index >= 15 is 0 Å². The Balaban J connectivity index is 2.44. The highest BCUT2D eigenvalue weighted by Crippen LogP contribution is 2.25. The Morgan fingerprint density at radius 3 is 2.65 bits per heavy atom. The molecule has 1 unspecified atom stereocenters. The van der Waals surface area contributed by atoms with Crippen LogP contribution in [0.3, 0.4) is 0 Å². The van der Waals surface area contributed by atoms with E-state index in [1.807, 2.05) is 14.1 Å². The van der Waals surface area contributed by atoms with Crippen LogP contribution in [0.4, 0.5) is 0 Å². The zero-order valence-corrected chi connectivity index (χ0v) is 11.6. The first kappa shape index (κ1) is 14.7. The number of rotatable bonds is 6. The Labute approximate surface area is 112 Å². The first-order chi connectivity index (χ1) is 8.00. The smallest absolute Gasteiger partial charge is 0.0928 e. The van der Waals surface area contributed by atoms with Gasteiger partial charge in [-0.05, 0) is 26.2 Å². The van der Waals surface area contributed by atoms with Gasteiger partial charge in [0, 0.05) is 35.2 Å². The van der Waals surface area contributed by atoms with Gasteiger partial charge in [0.1, 0.15) is 0 Å². The van der Waals surface area contributed by atoms with Crippen molar-refractivity contribution in [2.24, 2.45) is 0 Å². The first-order valence-electron chi connectivity index (χ1n) is 5.49. The van der Waals surface area contributed by atoms with Crippen molar-refractivity contribution in [3.05, 3.63) is 33.8 Å².